The second kappa shape index (κ2) is 11.6. The molecule has 0 heterocycles. The molecular weight excluding hydrogens is 321 g/mol. The van der Waals surface area contributed by atoms with Crippen LogP contribution in [-0.2, 0) is 4.74 Å². The van der Waals surface area contributed by atoms with Gasteiger partial charge in [0, 0.05) is 5.56 Å². The predicted molar refractivity (Wildman–Crippen MR) is 98.5 cm³/mol. The van der Waals surface area contributed by atoms with E-state index in [2.05, 4.69) is 24.2 Å². The Labute approximate surface area is 150 Å². The standard InChI is InChI=1S/C19H30FN3O2/c1-5-23(6-2)14-8-9-15(4)21-19(25-7-3)22-18(24)16-10-12-17(20)13-11-16/h10-13,15H,5-9,14H2,1-4H3,(H,21,22,24)/p+1/t15-/m0/s1. The van der Waals surface area contributed by atoms with Crippen molar-refractivity contribution in [3.8, 4) is 0 Å². The predicted octanol–water partition coefficient (Wildman–Crippen LogP) is 2.04. The minimum absolute atomic E-state index is 0.0602. The van der Waals surface area contributed by atoms with Crippen molar-refractivity contribution in [3.63, 3.8) is 0 Å². The van der Waals surface area contributed by atoms with Crippen LogP contribution >= 0.6 is 0 Å². The first-order valence-corrected chi connectivity index (χ1v) is 9.11. The van der Waals surface area contributed by atoms with Gasteiger partial charge in [-0.2, -0.15) is 0 Å². The lowest BCUT2D eigenvalue weighted by Crippen LogP contribution is -3.11. The molecule has 1 rings (SSSR count). The summed E-state index contributed by atoms with van der Waals surface area (Å²) >= 11 is 0. The highest BCUT2D eigenvalue weighted by atomic mass is 19.1. The van der Waals surface area contributed by atoms with E-state index in [4.69, 9.17) is 4.74 Å². The molecule has 1 atom stereocenters. The topological polar surface area (TPSA) is 55.1 Å². The molecule has 0 aliphatic carbocycles. The van der Waals surface area contributed by atoms with Gasteiger partial charge in [0.15, 0.2) is 0 Å². The number of halogens is 1. The molecule has 1 aromatic rings. The zero-order valence-corrected chi connectivity index (χ0v) is 15.8. The van der Waals surface area contributed by atoms with Crippen LogP contribution in [0.25, 0.3) is 0 Å². The summed E-state index contributed by atoms with van der Waals surface area (Å²) in [5.74, 6) is -0.730. The van der Waals surface area contributed by atoms with Crippen molar-refractivity contribution in [2.45, 2.75) is 46.6 Å². The van der Waals surface area contributed by atoms with Gasteiger partial charge in [0.1, 0.15) is 5.82 Å². The molecule has 0 bridgehead atoms. The van der Waals surface area contributed by atoms with E-state index in [1.807, 2.05) is 13.8 Å². The van der Waals surface area contributed by atoms with E-state index in [0.29, 0.717) is 12.2 Å². The first-order chi connectivity index (χ1) is 12.0. The molecule has 0 saturated carbocycles. The van der Waals surface area contributed by atoms with Crippen LogP contribution < -0.4 is 10.2 Å². The average molecular weight is 352 g/mol. The molecule has 0 aliphatic heterocycles. The van der Waals surface area contributed by atoms with Gasteiger partial charge in [-0.1, -0.05) is 0 Å². The third-order valence-corrected chi connectivity index (χ3v) is 4.10. The Kier molecular flexibility index (Phi) is 9.77. The highest BCUT2D eigenvalue weighted by Crippen LogP contribution is 2.04. The molecular formula is C19H31FN3O2+. The quantitative estimate of drug-likeness (QED) is 0.528. The summed E-state index contributed by atoms with van der Waals surface area (Å²) in [6, 6.07) is 5.66. The van der Waals surface area contributed by atoms with E-state index < -0.39 is 0 Å². The lowest BCUT2D eigenvalue weighted by molar-refractivity contribution is -0.896. The van der Waals surface area contributed by atoms with E-state index in [0.717, 1.165) is 32.5 Å². The number of benzene rings is 1. The summed E-state index contributed by atoms with van der Waals surface area (Å²) in [6.45, 7) is 12.0. The van der Waals surface area contributed by atoms with Crippen LogP contribution in [0.4, 0.5) is 4.39 Å². The molecule has 1 amide bonds. The van der Waals surface area contributed by atoms with E-state index in [-0.39, 0.29) is 23.8 Å². The molecule has 0 aliphatic rings. The molecule has 0 aromatic heterocycles. The van der Waals surface area contributed by atoms with Gasteiger partial charge in [0.25, 0.3) is 11.9 Å². The van der Waals surface area contributed by atoms with Gasteiger partial charge in [-0.3, -0.25) is 10.1 Å². The number of amides is 1. The smallest absolute Gasteiger partial charge is 0.291 e. The summed E-state index contributed by atoms with van der Waals surface area (Å²) < 4.78 is 18.4. The molecule has 0 radical (unpaired) electrons. The number of carbonyl (C=O) groups is 1. The first kappa shape index (κ1) is 21.1. The number of rotatable bonds is 9. The maximum absolute atomic E-state index is 12.9. The van der Waals surface area contributed by atoms with Crippen molar-refractivity contribution < 1.29 is 18.8 Å². The Morgan fingerprint density at radius 3 is 2.44 bits per heavy atom. The van der Waals surface area contributed by atoms with Gasteiger partial charge < -0.3 is 9.64 Å². The van der Waals surface area contributed by atoms with Gasteiger partial charge >= 0.3 is 0 Å². The van der Waals surface area contributed by atoms with Crippen LogP contribution in [0.5, 0.6) is 0 Å². The Balaban J connectivity index is 2.59. The van der Waals surface area contributed by atoms with Gasteiger partial charge in [-0.25, -0.2) is 9.38 Å². The Hall–Kier alpha value is -1.95. The lowest BCUT2D eigenvalue weighted by atomic mass is 10.2. The van der Waals surface area contributed by atoms with Crippen LogP contribution in [0.1, 0.15) is 50.9 Å². The van der Waals surface area contributed by atoms with E-state index in [1.54, 1.807) is 4.90 Å². The summed E-state index contributed by atoms with van der Waals surface area (Å²) in [5.41, 5.74) is 0.367. The van der Waals surface area contributed by atoms with Gasteiger partial charge in [0.05, 0.1) is 32.3 Å². The second-order valence-corrected chi connectivity index (χ2v) is 6.03. The van der Waals surface area contributed by atoms with Crippen LogP contribution in [-0.4, -0.2) is 44.2 Å². The van der Waals surface area contributed by atoms with Crippen molar-refractivity contribution in [2.24, 2.45) is 4.99 Å². The monoisotopic (exact) mass is 352 g/mol. The van der Waals surface area contributed by atoms with Crippen molar-refractivity contribution >= 4 is 11.9 Å². The van der Waals surface area contributed by atoms with Crippen LogP contribution in [0, 0.1) is 5.82 Å². The number of hydrogen-bond donors (Lipinski definition) is 2. The number of nitrogens with zero attached hydrogens (tertiary/aromatic N) is 1. The minimum Gasteiger partial charge on any atom is -0.465 e. The molecule has 0 saturated heterocycles. The van der Waals surface area contributed by atoms with Crippen molar-refractivity contribution in [3.05, 3.63) is 35.6 Å². The fourth-order valence-corrected chi connectivity index (χ4v) is 2.53. The highest BCUT2D eigenvalue weighted by Gasteiger charge is 2.12. The third kappa shape index (κ3) is 8.12. The molecule has 1 aromatic carbocycles. The number of ether oxygens (including phenoxy) is 1. The van der Waals surface area contributed by atoms with Crippen LogP contribution in [0.2, 0.25) is 0 Å². The highest BCUT2D eigenvalue weighted by molar-refractivity contribution is 6.04. The van der Waals surface area contributed by atoms with E-state index in [9.17, 15) is 9.18 Å². The van der Waals surface area contributed by atoms with Crippen LogP contribution in [0.15, 0.2) is 29.3 Å². The molecule has 5 nitrogen and oxygen atoms in total. The summed E-state index contributed by atoms with van der Waals surface area (Å²) in [7, 11) is 0. The molecule has 2 N–H and O–H groups in total. The van der Waals surface area contributed by atoms with Crippen molar-refractivity contribution in [1.29, 1.82) is 0 Å². The van der Waals surface area contributed by atoms with E-state index in [1.165, 1.54) is 24.3 Å². The SMILES string of the molecule is CCOC(=N[C@@H](C)CCC[NH+](CC)CC)NC(=O)c1ccc(F)cc1. The molecule has 25 heavy (non-hydrogen) atoms. The minimum atomic E-state index is -0.376. The zero-order valence-electron chi connectivity index (χ0n) is 15.8. The maximum Gasteiger partial charge on any atom is 0.291 e. The second-order valence-electron chi connectivity index (χ2n) is 6.03. The molecule has 140 valence electrons. The number of hydrogen-bond acceptors (Lipinski definition) is 3. The fraction of sp³-hybridized carbons (Fsp3) is 0.579. The summed E-state index contributed by atoms with van der Waals surface area (Å²) in [5, 5.41) is 2.67. The maximum atomic E-state index is 12.9. The van der Waals surface area contributed by atoms with Gasteiger partial charge in [-0.05, 0) is 64.8 Å². The van der Waals surface area contributed by atoms with Crippen molar-refractivity contribution in [2.75, 3.05) is 26.2 Å². The number of aliphatic imine (C=N–C) groups is 1. The Morgan fingerprint density at radius 1 is 1.24 bits per heavy atom. The number of amidine groups is 1. The molecule has 6 heteroatoms. The number of quaternary nitrogens is 1. The lowest BCUT2D eigenvalue weighted by Gasteiger charge is -2.16. The molecule has 0 unspecified atom stereocenters. The van der Waals surface area contributed by atoms with Gasteiger partial charge in [-0.15, -0.1) is 0 Å². The summed E-state index contributed by atoms with van der Waals surface area (Å²) in [4.78, 5) is 18.3. The Bertz CT molecular complexity index is 542. The molecule has 0 fully saturated rings. The number of nitrogens with one attached hydrogen (secondary N) is 2. The zero-order chi connectivity index (χ0) is 18.7. The molecule has 0 spiro atoms. The average Bonchev–Trinajstić information content (AvgIpc) is 2.59. The third-order valence-electron chi connectivity index (χ3n) is 4.10. The summed E-state index contributed by atoms with van der Waals surface area (Å²) in [6.07, 6.45) is 2.01. The van der Waals surface area contributed by atoms with E-state index >= 15 is 0 Å². The number of carbonyl (C=O) groups excluding carboxylic acids is 1. The fourth-order valence-electron chi connectivity index (χ4n) is 2.53. The van der Waals surface area contributed by atoms with Crippen LogP contribution in [0.3, 0.4) is 0 Å². The Morgan fingerprint density at radius 2 is 1.88 bits per heavy atom. The largest absolute Gasteiger partial charge is 0.465 e. The normalized spacial score (nSPS) is 13.0. The first-order valence-electron chi connectivity index (χ1n) is 9.11. The van der Waals surface area contributed by atoms with Crippen molar-refractivity contribution in [1.82, 2.24) is 5.32 Å². The van der Waals surface area contributed by atoms with Gasteiger partial charge in [0.2, 0.25) is 0 Å².